The molecule has 0 bridgehead atoms. The number of amides is 1. The van der Waals surface area contributed by atoms with Gasteiger partial charge in [0.15, 0.2) is 12.0 Å². The normalized spacial score (nSPS) is 16.3. The number of nitrogens with one attached hydrogen (secondary N) is 1. The Morgan fingerprint density at radius 2 is 2.05 bits per heavy atom. The number of thiazole rings is 1. The molecule has 0 spiro atoms. The highest BCUT2D eigenvalue weighted by Crippen LogP contribution is 2.40. The minimum Gasteiger partial charge on any atom is -0.395 e. The van der Waals surface area contributed by atoms with Crippen LogP contribution in [-0.4, -0.2) is 47.7 Å². The maximum absolute atomic E-state index is 14.4. The lowest BCUT2D eigenvalue weighted by Gasteiger charge is -2.18. The lowest BCUT2D eigenvalue weighted by Crippen LogP contribution is -2.27. The summed E-state index contributed by atoms with van der Waals surface area (Å²) in [6, 6.07) is 1.77. The molecule has 1 atom stereocenters. The Bertz CT molecular complexity index is 1450. The van der Waals surface area contributed by atoms with Crippen molar-refractivity contribution in [3.05, 3.63) is 58.8 Å². The first-order chi connectivity index (χ1) is 18.5. The van der Waals surface area contributed by atoms with E-state index in [0.717, 1.165) is 55.6 Å². The van der Waals surface area contributed by atoms with Crippen LogP contribution in [0, 0.1) is 11.8 Å². The maximum atomic E-state index is 14.4. The van der Waals surface area contributed by atoms with Crippen molar-refractivity contribution in [3.8, 4) is 10.6 Å². The van der Waals surface area contributed by atoms with Gasteiger partial charge in [-0.3, -0.25) is 14.3 Å². The molecule has 4 rings (SSSR count). The Hall–Kier alpha value is -3.36. The molecule has 16 heteroatoms. The molecule has 1 aliphatic rings. The van der Waals surface area contributed by atoms with Crippen molar-refractivity contribution >= 4 is 37.0 Å². The fourth-order valence-electron chi connectivity index (χ4n) is 3.91. The third-order valence-corrected chi connectivity index (χ3v) is 7.31. The Kier molecular flexibility index (Phi) is 8.97. The number of phosphoric ester groups is 1. The molecule has 1 aliphatic carbocycles. The SMILES string of the molecule is CC(OP(=O)(O)O)n1cc(-c2nc(C(=O)N/C(C=NC3CCCCC3)=C(/N)c3nc(F)ccc3F)cs2)cn1. The predicted octanol–water partition coefficient (Wildman–Crippen LogP) is 3.77. The van der Waals surface area contributed by atoms with E-state index in [-0.39, 0.29) is 23.1 Å². The van der Waals surface area contributed by atoms with Crippen LogP contribution in [0.3, 0.4) is 0 Å². The molecular formula is C23H26F2N7O5PS. The second kappa shape index (κ2) is 12.2. The van der Waals surface area contributed by atoms with Crippen LogP contribution in [0.2, 0.25) is 0 Å². The van der Waals surface area contributed by atoms with Gasteiger partial charge in [-0.15, -0.1) is 11.3 Å². The molecule has 12 nitrogen and oxygen atoms in total. The molecule has 39 heavy (non-hydrogen) atoms. The summed E-state index contributed by atoms with van der Waals surface area (Å²) in [5.41, 5.74) is 5.81. The third kappa shape index (κ3) is 7.61. The van der Waals surface area contributed by atoms with Gasteiger partial charge in [0.2, 0.25) is 5.95 Å². The number of rotatable bonds is 9. The number of halogens is 2. The standard InChI is InChI=1S/C23H26F2N7O5PS/c1-13(37-38(34,35)36)32-11-14(9-28-32)23-30-18(12-39-23)22(33)29-17(10-27-15-5-3-2-4-6-15)20(26)21-16(24)7-8-19(25)31-21/h7-13,15H,2-6,26H2,1H3,(H,29,33)(H2,34,35,36)/b20-17+,27-10?. The first-order valence-corrected chi connectivity index (χ1v) is 14.3. The predicted molar refractivity (Wildman–Crippen MR) is 139 cm³/mol. The molecule has 0 aliphatic heterocycles. The number of nitrogens with two attached hydrogens (primary N) is 1. The molecule has 3 aromatic rings. The van der Waals surface area contributed by atoms with Gasteiger partial charge in [0.25, 0.3) is 5.91 Å². The van der Waals surface area contributed by atoms with E-state index in [1.807, 2.05) is 0 Å². The van der Waals surface area contributed by atoms with Crippen LogP contribution in [0.15, 0.2) is 40.6 Å². The monoisotopic (exact) mass is 581 g/mol. The summed E-state index contributed by atoms with van der Waals surface area (Å²) in [4.78, 5) is 43.4. The zero-order valence-electron chi connectivity index (χ0n) is 20.7. The zero-order chi connectivity index (χ0) is 28.2. The minimum absolute atomic E-state index is 0.00584. The molecule has 208 valence electrons. The molecule has 1 amide bonds. The number of allylic oxidation sites excluding steroid dienone is 1. The maximum Gasteiger partial charge on any atom is 0.471 e. The van der Waals surface area contributed by atoms with E-state index < -0.39 is 37.4 Å². The lowest BCUT2D eigenvalue weighted by atomic mass is 9.96. The number of hydrogen-bond donors (Lipinski definition) is 4. The summed E-state index contributed by atoms with van der Waals surface area (Å²) >= 11 is 1.12. The van der Waals surface area contributed by atoms with Crippen LogP contribution >= 0.6 is 19.2 Å². The Morgan fingerprint density at radius 1 is 1.31 bits per heavy atom. The van der Waals surface area contributed by atoms with Gasteiger partial charge in [-0.1, -0.05) is 19.3 Å². The summed E-state index contributed by atoms with van der Waals surface area (Å²) in [6.45, 7) is 1.40. The number of phosphoric acid groups is 1. The number of hydrogen-bond acceptors (Lipinski definition) is 9. The number of aromatic nitrogens is 4. The third-order valence-electron chi connectivity index (χ3n) is 5.84. The number of nitrogens with zero attached hydrogens (tertiary/aromatic N) is 5. The van der Waals surface area contributed by atoms with Gasteiger partial charge in [0, 0.05) is 23.4 Å². The fraction of sp³-hybridized carbons (Fsp3) is 0.348. The average molecular weight is 582 g/mol. The van der Waals surface area contributed by atoms with Gasteiger partial charge >= 0.3 is 7.82 Å². The molecule has 3 heterocycles. The topological polar surface area (TPSA) is 178 Å². The second-order valence-electron chi connectivity index (χ2n) is 8.76. The molecule has 0 radical (unpaired) electrons. The van der Waals surface area contributed by atoms with Crippen molar-refractivity contribution in [1.29, 1.82) is 0 Å². The lowest BCUT2D eigenvalue weighted by molar-refractivity contribution is 0.0881. The molecule has 0 saturated heterocycles. The molecule has 1 fully saturated rings. The van der Waals surface area contributed by atoms with E-state index in [2.05, 4.69) is 29.9 Å². The highest BCUT2D eigenvalue weighted by molar-refractivity contribution is 7.46. The first-order valence-electron chi connectivity index (χ1n) is 11.9. The van der Waals surface area contributed by atoms with Crippen LogP contribution in [0.25, 0.3) is 16.3 Å². The van der Waals surface area contributed by atoms with Crippen molar-refractivity contribution in [2.75, 3.05) is 0 Å². The minimum atomic E-state index is -4.73. The Labute approximate surface area is 225 Å². The van der Waals surface area contributed by atoms with Gasteiger partial charge < -0.3 is 20.8 Å². The molecule has 5 N–H and O–H groups in total. The van der Waals surface area contributed by atoms with Crippen LogP contribution in [-0.2, 0) is 9.09 Å². The van der Waals surface area contributed by atoms with E-state index in [9.17, 15) is 18.1 Å². The summed E-state index contributed by atoms with van der Waals surface area (Å²) in [7, 11) is -4.73. The average Bonchev–Trinajstić information content (AvgIpc) is 3.57. The summed E-state index contributed by atoms with van der Waals surface area (Å²) in [5, 5.41) is 8.47. The van der Waals surface area contributed by atoms with Crippen LogP contribution in [0.5, 0.6) is 0 Å². The van der Waals surface area contributed by atoms with Crippen molar-refractivity contribution in [2.24, 2.45) is 10.7 Å². The Balaban J connectivity index is 1.57. The molecule has 0 aromatic carbocycles. The van der Waals surface area contributed by atoms with Gasteiger partial charge in [0.05, 0.1) is 23.6 Å². The van der Waals surface area contributed by atoms with E-state index in [0.29, 0.717) is 10.6 Å². The largest absolute Gasteiger partial charge is 0.471 e. The van der Waals surface area contributed by atoms with Crippen LogP contribution < -0.4 is 11.1 Å². The van der Waals surface area contributed by atoms with Gasteiger partial charge in [-0.25, -0.2) is 23.6 Å². The smallest absolute Gasteiger partial charge is 0.395 e. The summed E-state index contributed by atoms with van der Waals surface area (Å²) in [6.07, 6.45) is 8.03. The van der Waals surface area contributed by atoms with Crippen molar-refractivity contribution < 1.29 is 32.5 Å². The molecule has 1 saturated carbocycles. The van der Waals surface area contributed by atoms with E-state index in [1.165, 1.54) is 35.6 Å². The fourth-order valence-corrected chi connectivity index (χ4v) is 5.17. The van der Waals surface area contributed by atoms with Gasteiger partial charge in [-0.05, 0) is 31.9 Å². The van der Waals surface area contributed by atoms with Crippen molar-refractivity contribution in [1.82, 2.24) is 25.1 Å². The number of carbonyl (C=O) groups is 1. The summed E-state index contributed by atoms with van der Waals surface area (Å²) < 4.78 is 45.0. The quantitative estimate of drug-likeness (QED) is 0.166. The first kappa shape index (κ1) is 28.6. The second-order valence-corrected chi connectivity index (χ2v) is 10.8. The van der Waals surface area contributed by atoms with Gasteiger partial charge in [-0.2, -0.15) is 9.49 Å². The van der Waals surface area contributed by atoms with E-state index in [1.54, 1.807) is 0 Å². The number of pyridine rings is 1. The van der Waals surface area contributed by atoms with Crippen molar-refractivity contribution in [3.63, 3.8) is 0 Å². The van der Waals surface area contributed by atoms with E-state index in [4.69, 9.17) is 15.5 Å². The summed E-state index contributed by atoms with van der Waals surface area (Å²) in [5.74, 6) is -2.47. The van der Waals surface area contributed by atoms with Gasteiger partial charge in [0.1, 0.15) is 16.4 Å². The van der Waals surface area contributed by atoms with Crippen LogP contribution in [0.1, 0.15) is 61.4 Å². The molecule has 1 unspecified atom stereocenters. The molecular weight excluding hydrogens is 555 g/mol. The van der Waals surface area contributed by atoms with E-state index >= 15 is 0 Å². The number of aliphatic imine (C=N–C) groups is 1. The highest BCUT2D eigenvalue weighted by atomic mass is 32.1. The zero-order valence-corrected chi connectivity index (χ0v) is 22.4. The molecule has 3 aromatic heterocycles. The Morgan fingerprint density at radius 3 is 2.77 bits per heavy atom. The number of carbonyl (C=O) groups excluding carboxylic acids is 1. The highest BCUT2D eigenvalue weighted by Gasteiger charge is 2.22. The van der Waals surface area contributed by atoms with Crippen LogP contribution in [0.4, 0.5) is 8.78 Å². The van der Waals surface area contributed by atoms with Crippen molar-refractivity contribution in [2.45, 2.75) is 51.3 Å².